The van der Waals surface area contributed by atoms with Crippen molar-refractivity contribution in [1.29, 1.82) is 0 Å². The van der Waals surface area contributed by atoms with E-state index in [1.165, 1.54) is 12.3 Å². The number of pyridine rings is 1. The normalized spacial score (nSPS) is 10.7. The summed E-state index contributed by atoms with van der Waals surface area (Å²) in [5.41, 5.74) is 0.889. The van der Waals surface area contributed by atoms with Gasteiger partial charge in [0.2, 0.25) is 5.43 Å². The molecule has 20 heavy (non-hydrogen) atoms. The quantitative estimate of drug-likeness (QED) is 0.838. The van der Waals surface area contributed by atoms with E-state index >= 15 is 0 Å². The molecule has 0 bridgehead atoms. The maximum absolute atomic E-state index is 12.1. The fourth-order valence-corrected chi connectivity index (χ4v) is 2.20. The Kier molecular flexibility index (Phi) is 3.70. The Morgan fingerprint density at radius 1 is 1.25 bits per heavy atom. The average Bonchev–Trinajstić information content (AvgIpc) is 2.38. The van der Waals surface area contributed by atoms with E-state index in [2.05, 4.69) is 4.98 Å². The lowest BCUT2D eigenvalue weighted by Crippen LogP contribution is -2.16. The molecule has 0 saturated carbocycles. The predicted molar refractivity (Wildman–Crippen MR) is 75.5 cm³/mol. The number of aromatic amines is 1. The van der Waals surface area contributed by atoms with Gasteiger partial charge < -0.3 is 10.1 Å². The number of nitrogens with one attached hydrogen (secondary N) is 1. The maximum atomic E-state index is 12.1. The van der Waals surface area contributed by atoms with Crippen LogP contribution in [0.25, 0.3) is 10.9 Å². The highest BCUT2D eigenvalue weighted by Gasteiger charge is 2.15. The SMILES string of the molecule is CCCC(=O)c1cc2c(=O)c(C(=O)O)c[nH]c2cc1C. The van der Waals surface area contributed by atoms with Gasteiger partial charge in [-0.1, -0.05) is 6.92 Å². The van der Waals surface area contributed by atoms with Gasteiger partial charge in [0.15, 0.2) is 5.78 Å². The van der Waals surface area contributed by atoms with Gasteiger partial charge in [0.1, 0.15) is 5.56 Å². The summed E-state index contributed by atoms with van der Waals surface area (Å²) >= 11 is 0. The Morgan fingerprint density at radius 2 is 1.95 bits per heavy atom. The molecule has 1 aromatic carbocycles. The second-order valence-corrected chi connectivity index (χ2v) is 4.72. The number of H-pyrrole nitrogens is 1. The Labute approximate surface area is 115 Å². The predicted octanol–water partition coefficient (Wildman–Crippen LogP) is 2.52. The summed E-state index contributed by atoms with van der Waals surface area (Å²) in [7, 11) is 0. The molecule has 0 atom stereocenters. The van der Waals surface area contributed by atoms with Gasteiger partial charge >= 0.3 is 5.97 Å². The first-order valence-electron chi connectivity index (χ1n) is 6.38. The minimum Gasteiger partial charge on any atom is -0.477 e. The molecule has 1 heterocycles. The zero-order chi connectivity index (χ0) is 14.9. The average molecular weight is 273 g/mol. The van der Waals surface area contributed by atoms with Gasteiger partial charge in [0, 0.05) is 29.1 Å². The van der Waals surface area contributed by atoms with Crippen LogP contribution in [0.2, 0.25) is 0 Å². The summed E-state index contributed by atoms with van der Waals surface area (Å²) in [4.78, 5) is 37.9. The number of aromatic nitrogens is 1. The number of benzene rings is 1. The van der Waals surface area contributed by atoms with Crippen LogP contribution in [0.5, 0.6) is 0 Å². The van der Waals surface area contributed by atoms with Crippen LogP contribution < -0.4 is 5.43 Å². The molecule has 2 rings (SSSR count). The number of fused-ring (bicyclic) bond motifs is 1. The molecule has 0 aliphatic rings. The Balaban J connectivity index is 2.73. The van der Waals surface area contributed by atoms with Crippen molar-refractivity contribution in [2.75, 3.05) is 0 Å². The standard InChI is InChI=1S/C15H15NO4/c1-3-4-13(17)9-6-10-12(5-8(9)2)16-7-11(14(10)18)15(19)20/h5-7H,3-4H2,1-2H3,(H,16,18)(H,19,20). The van der Waals surface area contributed by atoms with Crippen molar-refractivity contribution in [3.05, 3.63) is 45.2 Å². The van der Waals surface area contributed by atoms with E-state index in [1.54, 1.807) is 13.0 Å². The summed E-state index contributed by atoms with van der Waals surface area (Å²) in [5.74, 6) is -1.32. The van der Waals surface area contributed by atoms with Gasteiger partial charge in [-0.2, -0.15) is 0 Å². The number of carboxylic acids is 1. The summed E-state index contributed by atoms with van der Waals surface area (Å²) < 4.78 is 0. The van der Waals surface area contributed by atoms with E-state index in [1.807, 2.05) is 6.92 Å². The molecule has 2 N–H and O–H groups in total. The van der Waals surface area contributed by atoms with Gasteiger partial charge in [-0.25, -0.2) is 4.79 Å². The number of Topliss-reactive ketones (excluding diaryl/α,β-unsaturated/α-hetero) is 1. The van der Waals surface area contributed by atoms with Gasteiger partial charge in [0.25, 0.3) is 0 Å². The molecule has 0 amide bonds. The lowest BCUT2D eigenvalue weighted by Gasteiger charge is -2.07. The van der Waals surface area contributed by atoms with Crippen molar-refractivity contribution in [1.82, 2.24) is 4.98 Å². The van der Waals surface area contributed by atoms with Crippen LogP contribution in [-0.4, -0.2) is 21.8 Å². The van der Waals surface area contributed by atoms with Crippen LogP contribution in [0.1, 0.15) is 46.0 Å². The number of carbonyl (C=O) groups is 2. The van der Waals surface area contributed by atoms with Crippen LogP contribution in [0, 0.1) is 6.92 Å². The van der Waals surface area contributed by atoms with Crippen molar-refractivity contribution in [3.63, 3.8) is 0 Å². The highest BCUT2D eigenvalue weighted by Crippen LogP contribution is 2.18. The maximum Gasteiger partial charge on any atom is 0.341 e. The molecule has 0 aliphatic heterocycles. The Bertz CT molecular complexity index is 758. The molecule has 104 valence electrons. The van der Waals surface area contributed by atoms with E-state index in [4.69, 9.17) is 5.11 Å². The van der Waals surface area contributed by atoms with E-state index in [-0.39, 0.29) is 16.7 Å². The van der Waals surface area contributed by atoms with E-state index < -0.39 is 11.4 Å². The summed E-state index contributed by atoms with van der Waals surface area (Å²) in [6.07, 6.45) is 2.31. The third kappa shape index (κ3) is 2.34. The lowest BCUT2D eigenvalue weighted by atomic mass is 9.98. The first-order valence-corrected chi connectivity index (χ1v) is 6.38. The van der Waals surface area contributed by atoms with Crippen LogP contribution in [-0.2, 0) is 0 Å². The first-order chi connectivity index (χ1) is 9.45. The van der Waals surface area contributed by atoms with Crippen LogP contribution in [0.4, 0.5) is 0 Å². The van der Waals surface area contributed by atoms with Gasteiger partial charge in [0.05, 0.1) is 0 Å². The number of rotatable bonds is 4. The fourth-order valence-electron chi connectivity index (χ4n) is 2.20. The van der Waals surface area contributed by atoms with Crippen molar-refractivity contribution in [3.8, 4) is 0 Å². The summed E-state index contributed by atoms with van der Waals surface area (Å²) in [6.45, 7) is 3.70. The third-order valence-corrected chi connectivity index (χ3v) is 3.23. The second-order valence-electron chi connectivity index (χ2n) is 4.72. The third-order valence-electron chi connectivity index (χ3n) is 3.23. The monoisotopic (exact) mass is 273 g/mol. The fraction of sp³-hybridized carbons (Fsp3) is 0.267. The number of aryl methyl sites for hydroxylation is 1. The summed E-state index contributed by atoms with van der Waals surface area (Å²) in [6, 6.07) is 3.19. The molecular formula is C15H15NO4. The number of aromatic carboxylic acids is 1. The number of hydrogen-bond donors (Lipinski definition) is 2. The van der Waals surface area contributed by atoms with E-state index in [0.717, 1.165) is 12.0 Å². The second kappa shape index (κ2) is 5.28. The molecule has 2 aromatic rings. The molecule has 5 heteroatoms. The van der Waals surface area contributed by atoms with Crippen molar-refractivity contribution in [2.24, 2.45) is 0 Å². The molecule has 0 spiro atoms. The number of carbonyl (C=O) groups excluding carboxylic acids is 1. The molecule has 5 nitrogen and oxygen atoms in total. The molecular weight excluding hydrogens is 258 g/mol. The summed E-state index contributed by atoms with van der Waals surface area (Å²) in [5, 5.41) is 9.19. The smallest absolute Gasteiger partial charge is 0.341 e. The lowest BCUT2D eigenvalue weighted by molar-refractivity contribution is 0.0695. The van der Waals surface area contributed by atoms with Crippen molar-refractivity contribution in [2.45, 2.75) is 26.7 Å². The van der Waals surface area contributed by atoms with Crippen molar-refractivity contribution >= 4 is 22.7 Å². The van der Waals surface area contributed by atoms with E-state index in [0.29, 0.717) is 17.5 Å². The number of ketones is 1. The molecule has 1 aromatic heterocycles. The van der Waals surface area contributed by atoms with Crippen LogP contribution >= 0.6 is 0 Å². The van der Waals surface area contributed by atoms with Gasteiger partial charge in [-0.15, -0.1) is 0 Å². The van der Waals surface area contributed by atoms with Crippen LogP contribution in [0.15, 0.2) is 23.1 Å². The van der Waals surface area contributed by atoms with Gasteiger partial charge in [-0.3, -0.25) is 9.59 Å². The van der Waals surface area contributed by atoms with Gasteiger partial charge in [-0.05, 0) is 31.0 Å². The Hall–Kier alpha value is -2.43. The topological polar surface area (TPSA) is 87.2 Å². The van der Waals surface area contributed by atoms with Crippen LogP contribution in [0.3, 0.4) is 0 Å². The largest absolute Gasteiger partial charge is 0.477 e. The molecule has 0 saturated heterocycles. The van der Waals surface area contributed by atoms with Crippen molar-refractivity contribution < 1.29 is 14.7 Å². The number of carboxylic acid groups (broad SMARTS) is 1. The highest BCUT2D eigenvalue weighted by atomic mass is 16.4. The zero-order valence-corrected chi connectivity index (χ0v) is 11.3. The Morgan fingerprint density at radius 3 is 2.55 bits per heavy atom. The zero-order valence-electron chi connectivity index (χ0n) is 11.3. The van der Waals surface area contributed by atoms with E-state index in [9.17, 15) is 14.4 Å². The minimum atomic E-state index is -1.28. The highest BCUT2D eigenvalue weighted by molar-refractivity contribution is 6.01. The molecule has 0 fully saturated rings. The minimum absolute atomic E-state index is 0.0352. The molecule has 0 unspecified atom stereocenters. The molecule has 0 aliphatic carbocycles. The number of hydrogen-bond acceptors (Lipinski definition) is 3. The first kappa shape index (κ1) is 14.0. The molecule has 0 radical (unpaired) electrons.